The molecule has 5 heteroatoms. The van der Waals surface area contributed by atoms with Gasteiger partial charge in [0.2, 0.25) is 5.13 Å². The smallest absolute Gasteiger partial charge is 0.203 e. The van der Waals surface area contributed by atoms with Crippen LogP contribution in [0.2, 0.25) is 0 Å². The van der Waals surface area contributed by atoms with Crippen molar-refractivity contribution in [1.82, 2.24) is 9.36 Å². The number of aryl methyl sites for hydroxylation is 1. The predicted octanol–water partition coefficient (Wildman–Crippen LogP) is 1.39. The largest absolute Gasteiger partial charge is 0.354 e. The monoisotopic (exact) mass is 200 g/mol. The summed E-state index contributed by atoms with van der Waals surface area (Å²) >= 11 is 1.38. The normalized spacial score (nSPS) is 15.4. The number of hydrogen-bond acceptors (Lipinski definition) is 5. The fourth-order valence-corrected chi connectivity index (χ4v) is 1.61. The lowest BCUT2D eigenvalue weighted by molar-refractivity contribution is 0.506. The summed E-state index contributed by atoms with van der Waals surface area (Å²) in [5, 5.41) is 4.15. The molecule has 1 atom stereocenters. The van der Waals surface area contributed by atoms with E-state index in [-0.39, 0.29) is 5.54 Å². The Kier molecular flexibility index (Phi) is 3.22. The van der Waals surface area contributed by atoms with E-state index in [0.717, 1.165) is 17.4 Å². The van der Waals surface area contributed by atoms with E-state index < -0.39 is 0 Å². The van der Waals surface area contributed by atoms with Crippen LogP contribution in [0.15, 0.2) is 0 Å². The maximum absolute atomic E-state index is 5.67. The van der Waals surface area contributed by atoms with Crippen LogP contribution in [-0.2, 0) is 0 Å². The van der Waals surface area contributed by atoms with Gasteiger partial charge in [-0.05, 0) is 20.3 Å². The van der Waals surface area contributed by atoms with Gasteiger partial charge in [0.05, 0.1) is 0 Å². The highest BCUT2D eigenvalue weighted by Gasteiger charge is 2.20. The molecule has 0 bridgehead atoms. The van der Waals surface area contributed by atoms with Gasteiger partial charge >= 0.3 is 0 Å². The Hall–Kier alpha value is -0.680. The van der Waals surface area contributed by atoms with E-state index in [1.54, 1.807) is 0 Å². The number of aromatic nitrogens is 2. The van der Waals surface area contributed by atoms with Gasteiger partial charge in [0.1, 0.15) is 5.82 Å². The second kappa shape index (κ2) is 4.02. The number of nitrogens with one attached hydrogen (secondary N) is 1. The fourth-order valence-electron chi connectivity index (χ4n) is 0.890. The summed E-state index contributed by atoms with van der Waals surface area (Å²) < 4.78 is 4.10. The molecule has 0 saturated carbocycles. The lowest BCUT2D eigenvalue weighted by Gasteiger charge is -2.27. The van der Waals surface area contributed by atoms with Crippen molar-refractivity contribution < 1.29 is 0 Å². The van der Waals surface area contributed by atoms with Crippen molar-refractivity contribution in [2.24, 2.45) is 5.73 Å². The molecular weight excluding hydrogens is 184 g/mol. The standard InChI is InChI=1S/C8H16N4S/c1-4-8(3,5-9)11-7-10-6(2)12-13-7/h4-5,9H2,1-3H3,(H,10,11,12). The van der Waals surface area contributed by atoms with Crippen molar-refractivity contribution in [3.8, 4) is 0 Å². The minimum atomic E-state index is -0.0635. The Labute approximate surface area is 82.7 Å². The minimum Gasteiger partial charge on any atom is -0.354 e. The number of nitrogens with zero attached hydrogens (tertiary/aromatic N) is 2. The molecule has 13 heavy (non-hydrogen) atoms. The van der Waals surface area contributed by atoms with Crippen molar-refractivity contribution in [3.05, 3.63) is 5.82 Å². The predicted molar refractivity (Wildman–Crippen MR) is 56.0 cm³/mol. The van der Waals surface area contributed by atoms with Gasteiger partial charge in [-0.1, -0.05) is 6.92 Å². The second-order valence-electron chi connectivity index (χ2n) is 3.39. The summed E-state index contributed by atoms with van der Waals surface area (Å²) in [7, 11) is 0. The Morgan fingerprint density at radius 3 is 2.69 bits per heavy atom. The molecule has 1 rings (SSSR count). The number of hydrogen-bond donors (Lipinski definition) is 2. The van der Waals surface area contributed by atoms with Crippen LogP contribution in [0, 0.1) is 6.92 Å². The first-order valence-corrected chi connectivity index (χ1v) is 5.15. The van der Waals surface area contributed by atoms with Crippen LogP contribution in [0.5, 0.6) is 0 Å². The molecule has 0 radical (unpaired) electrons. The van der Waals surface area contributed by atoms with E-state index in [9.17, 15) is 0 Å². The molecular formula is C8H16N4S. The van der Waals surface area contributed by atoms with E-state index in [2.05, 4.69) is 28.5 Å². The van der Waals surface area contributed by atoms with Gasteiger partial charge in [0.25, 0.3) is 0 Å². The van der Waals surface area contributed by atoms with Gasteiger partial charge in [-0.3, -0.25) is 0 Å². The van der Waals surface area contributed by atoms with Crippen molar-refractivity contribution in [3.63, 3.8) is 0 Å². The first-order chi connectivity index (χ1) is 6.09. The molecule has 1 aromatic heterocycles. The molecule has 0 aliphatic rings. The molecule has 0 amide bonds. The molecule has 1 aromatic rings. The highest BCUT2D eigenvalue weighted by Crippen LogP contribution is 2.18. The summed E-state index contributed by atoms with van der Waals surface area (Å²) in [5.41, 5.74) is 5.60. The maximum Gasteiger partial charge on any atom is 0.203 e. The van der Waals surface area contributed by atoms with Crippen LogP contribution < -0.4 is 11.1 Å². The first kappa shape index (κ1) is 10.4. The zero-order valence-corrected chi connectivity index (χ0v) is 9.11. The molecule has 3 N–H and O–H groups in total. The Bertz CT molecular complexity index is 267. The quantitative estimate of drug-likeness (QED) is 0.771. The van der Waals surface area contributed by atoms with E-state index >= 15 is 0 Å². The van der Waals surface area contributed by atoms with Gasteiger partial charge in [0, 0.05) is 23.6 Å². The lowest BCUT2D eigenvalue weighted by Crippen LogP contribution is -2.41. The highest BCUT2D eigenvalue weighted by molar-refractivity contribution is 7.09. The van der Waals surface area contributed by atoms with Gasteiger partial charge in [0.15, 0.2) is 0 Å². The van der Waals surface area contributed by atoms with Crippen LogP contribution in [0.25, 0.3) is 0 Å². The number of anilines is 1. The Balaban J connectivity index is 2.67. The van der Waals surface area contributed by atoms with Gasteiger partial charge in [-0.25, -0.2) is 4.98 Å². The molecule has 0 aliphatic heterocycles. The molecule has 0 fully saturated rings. The molecule has 1 heterocycles. The molecule has 74 valence electrons. The summed E-state index contributed by atoms with van der Waals surface area (Å²) in [6, 6.07) is 0. The topological polar surface area (TPSA) is 63.8 Å². The average Bonchev–Trinajstić information content (AvgIpc) is 2.51. The molecule has 0 saturated heterocycles. The van der Waals surface area contributed by atoms with Crippen molar-refractivity contribution in [1.29, 1.82) is 0 Å². The van der Waals surface area contributed by atoms with Crippen LogP contribution in [0.4, 0.5) is 5.13 Å². The molecule has 4 nitrogen and oxygen atoms in total. The zero-order valence-electron chi connectivity index (χ0n) is 8.29. The average molecular weight is 200 g/mol. The molecule has 0 aliphatic carbocycles. The van der Waals surface area contributed by atoms with Crippen molar-refractivity contribution >= 4 is 16.7 Å². The molecule has 0 aromatic carbocycles. The Morgan fingerprint density at radius 1 is 1.62 bits per heavy atom. The zero-order chi connectivity index (χ0) is 9.90. The van der Waals surface area contributed by atoms with Gasteiger partial charge in [-0.15, -0.1) is 0 Å². The van der Waals surface area contributed by atoms with Crippen molar-refractivity contribution in [2.75, 3.05) is 11.9 Å². The van der Waals surface area contributed by atoms with Gasteiger partial charge < -0.3 is 11.1 Å². The van der Waals surface area contributed by atoms with Gasteiger partial charge in [-0.2, -0.15) is 4.37 Å². The third kappa shape index (κ3) is 2.63. The van der Waals surface area contributed by atoms with Crippen LogP contribution in [-0.4, -0.2) is 21.4 Å². The van der Waals surface area contributed by atoms with E-state index in [1.807, 2.05) is 6.92 Å². The van der Waals surface area contributed by atoms with Crippen LogP contribution in [0.3, 0.4) is 0 Å². The lowest BCUT2D eigenvalue weighted by atomic mass is 10.00. The summed E-state index contributed by atoms with van der Waals surface area (Å²) in [4.78, 5) is 4.23. The maximum atomic E-state index is 5.67. The number of rotatable bonds is 4. The number of nitrogens with two attached hydrogens (primary N) is 1. The third-order valence-electron chi connectivity index (χ3n) is 2.17. The van der Waals surface area contributed by atoms with Crippen molar-refractivity contribution in [2.45, 2.75) is 32.7 Å². The fraction of sp³-hybridized carbons (Fsp3) is 0.750. The third-order valence-corrected chi connectivity index (χ3v) is 2.89. The van der Waals surface area contributed by atoms with E-state index in [1.165, 1.54) is 11.5 Å². The summed E-state index contributed by atoms with van der Waals surface area (Å²) in [6.07, 6.45) is 0.974. The summed E-state index contributed by atoms with van der Waals surface area (Å²) in [5.74, 6) is 0.808. The van der Waals surface area contributed by atoms with Crippen LogP contribution in [0.1, 0.15) is 26.1 Å². The Morgan fingerprint density at radius 2 is 2.31 bits per heavy atom. The first-order valence-electron chi connectivity index (χ1n) is 4.38. The van der Waals surface area contributed by atoms with Crippen LogP contribution >= 0.6 is 11.5 Å². The second-order valence-corrected chi connectivity index (χ2v) is 4.14. The van der Waals surface area contributed by atoms with E-state index in [4.69, 9.17) is 5.73 Å². The molecule has 0 spiro atoms. The SMILES string of the molecule is CCC(C)(CN)Nc1nc(C)ns1. The van der Waals surface area contributed by atoms with E-state index in [0.29, 0.717) is 6.54 Å². The minimum absolute atomic E-state index is 0.0635. The molecule has 1 unspecified atom stereocenters. The summed E-state index contributed by atoms with van der Waals surface area (Å²) in [6.45, 7) is 6.67. The highest BCUT2D eigenvalue weighted by atomic mass is 32.1.